The molecule has 0 radical (unpaired) electrons. The second-order valence-electron chi connectivity index (χ2n) is 4.82. The van der Waals surface area contributed by atoms with Crippen LogP contribution in [0.5, 0.6) is 0 Å². The van der Waals surface area contributed by atoms with E-state index in [-0.39, 0.29) is 23.9 Å². The normalized spacial score (nSPS) is 24.2. The molecule has 1 fully saturated rings. The summed E-state index contributed by atoms with van der Waals surface area (Å²) in [6.45, 7) is 3.01. The van der Waals surface area contributed by atoms with E-state index in [1.165, 1.54) is 0 Å². The first kappa shape index (κ1) is 14.3. The number of ether oxygens (including phenoxy) is 1. The highest BCUT2D eigenvalue weighted by molar-refractivity contribution is 6.30. The number of halogens is 1. The smallest absolute Gasteiger partial charge is 0.227 e. The fourth-order valence-corrected chi connectivity index (χ4v) is 2.48. The van der Waals surface area contributed by atoms with E-state index in [2.05, 4.69) is 10.6 Å². The molecule has 1 amide bonds. The zero-order valence-electron chi connectivity index (χ0n) is 11.2. The standard InChI is InChI=1S/C14H19ClN2O2/c1-9(10-4-3-5-11(15)6-10)17-14(18)12-7-19-8-13(12)16-2/h3-6,9,12-13,16H,7-8H2,1-2H3,(H,17,18)/t9-,12?,13?/m1/s1. The van der Waals surface area contributed by atoms with Crippen LogP contribution in [0, 0.1) is 5.92 Å². The molecule has 1 heterocycles. The summed E-state index contributed by atoms with van der Waals surface area (Å²) in [5, 5.41) is 6.80. The maximum Gasteiger partial charge on any atom is 0.227 e. The average molecular weight is 283 g/mol. The van der Waals surface area contributed by atoms with Crippen LogP contribution in [0.25, 0.3) is 0 Å². The highest BCUT2D eigenvalue weighted by atomic mass is 35.5. The molecule has 0 bridgehead atoms. The quantitative estimate of drug-likeness (QED) is 0.885. The van der Waals surface area contributed by atoms with Crippen molar-refractivity contribution in [2.45, 2.75) is 19.0 Å². The lowest BCUT2D eigenvalue weighted by molar-refractivity contribution is -0.126. The number of likely N-dealkylation sites (N-methyl/N-ethyl adjacent to an activating group) is 1. The summed E-state index contributed by atoms with van der Waals surface area (Å²) in [4.78, 5) is 12.2. The molecule has 1 aliphatic heterocycles. The second kappa shape index (κ2) is 6.37. The van der Waals surface area contributed by atoms with E-state index in [1.54, 1.807) is 0 Å². The number of rotatable bonds is 4. The van der Waals surface area contributed by atoms with E-state index in [4.69, 9.17) is 16.3 Å². The molecule has 1 aromatic carbocycles. The van der Waals surface area contributed by atoms with E-state index in [1.807, 2.05) is 38.2 Å². The Morgan fingerprint density at radius 2 is 2.26 bits per heavy atom. The Labute approximate surface area is 118 Å². The van der Waals surface area contributed by atoms with E-state index < -0.39 is 0 Å². The van der Waals surface area contributed by atoms with Crippen molar-refractivity contribution in [2.24, 2.45) is 5.92 Å². The zero-order chi connectivity index (χ0) is 13.8. The Morgan fingerprint density at radius 3 is 2.95 bits per heavy atom. The summed E-state index contributed by atoms with van der Waals surface area (Å²) < 4.78 is 5.34. The van der Waals surface area contributed by atoms with Gasteiger partial charge < -0.3 is 15.4 Å². The predicted octanol–water partition coefficient (Wildman–Crippen LogP) is 1.75. The van der Waals surface area contributed by atoms with E-state index >= 15 is 0 Å². The van der Waals surface area contributed by atoms with Crippen LogP contribution in [0.2, 0.25) is 5.02 Å². The van der Waals surface area contributed by atoms with Gasteiger partial charge in [0.15, 0.2) is 0 Å². The molecular formula is C14H19ClN2O2. The number of carbonyl (C=O) groups is 1. The molecule has 2 rings (SSSR count). The van der Waals surface area contributed by atoms with Crippen LogP contribution >= 0.6 is 11.6 Å². The number of carbonyl (C=O) groups excluding carboxylic acids is 1. The summed E-state index contributed by atoms with van der Waals surface area (Å²) in [7, 11) is 1.85. The third-order valence-electron chi connectivity index (χ3n) is 3.50. The predicted molar refractivity (Wildman–Crippen MR) is 75.2 cm³/mol. The number of amides is 1. The molecule has 0 spiro atoms. The molecular weight excluding hydrogens is 264 g/mol. The van der Waals surface area contributed by atoms with Gasteiger partial charge in [-0.25, -0.2) is 0 Å². The van der Waals surface area contributed by atoms with Crippen molar-refractivity contribution in [3.8, 4) is 0 Å². The topological polar surface area (TPSA) is 50.4 Å². The van der Waals surface area contributed by atoms with Crippen molar-refractivity contribution in [2.75, 3.05) is 20.3 Å². The van der Waals surface area contributed by atoms with Crippen molar-refractivity contribution in [1.82, 2.24) is 10.6 Å². The number of nitrogens with one attached hydrogen (secondary N) is 2. The van der Waals surface area contributed by atoms with Gasteiger partial charge in [-0.2, -0.15) is 0 Å². The molecule has 19 heavy (non-hydrogen) atoms. The maximum atomic E-state index is 12.2. The lowest BCUT2D eigenvalue weighted by atomic mass is 10.0. The summed E-state index contributed by atoms with van der Waals surface area (Å²) in [5.41, 5.74) is 1.00. The Hall–Kier alpha value is -1.10. The minimum atomic E-state index is -0.133. The van der Waals surface area contributed by atoms with Gasteiger partial charge in [-0.3, -0.25) is 4.79 Å². The molecule has 4 nitrogen and oxygen atoms in total. The van der Waals surface area contributed by atoms with Crippen LogP contribution in [-0.4, -0.2) is 32.2 Å². The third kappa shape index (κ3) is 3.47. The Balaban J connectivity index is 1.98. The van der Waals surface area contributed by atoms with Gasteiger partial charge in [-0.15, -0.1) is 0 Å². The van der Waals surface area contributed by atoms with Gasteiger partial charge in [0.25, 0.3) is 0 Å². The Kier molecular flexibility index (Phi) is 4.80. The molecule has 5 heteroatoms. The van der Waals surface area contributed by atoms with Crippen molar-refractivity contribution in [1.29, 1.82) is 0 Å². The van der Waals surface area contributed by atoms with Crippen LogP contribution in [0.3, 0.4) is 0 Å². The van der Waals surface area contributed by atoms with Crippen molar-refractivity contribution < 1.29 is 9.53 Å². The van der Waals surface area contributed by atoms with Crippen LogP contribution in [0.4, 0.5) is 0 Å². The molecule has 2 unspecified atom stereocenters. The van der Waals surface area contributed by atoms with Crippen LogP contribution in [-0.2, 0) is 9.53 Å². The van der Waals surface area contributed by atoms with E-state index in [0.29, 0.717) is 18.2 Å². The summed E-state index contributed by atoms with van der Waals surface area (Å²) >= 11 is 5.96. The molecule has 0 aliphatic carbocycles. The molecule has 2 N–H and O–H groups in total. The van der Waals surface area contributed by atoms with Crippen molar-refractivity contribution >= 4 is 17.5 Å². The van der Waals surface area contributed by atoms with Crippen LogP contribution in [0.15, 0.2) is 24.3 Å². The maximum absolute atomic E-state index is 12.2. The van der Waals surface area contributed by atoms with Gasteiger partial charge in [0.2, 0.25) is 5.91 Å². The molecule has 104 valence electrons. The highest BCUT2D eigenvalue weighted by Crippen LogP contribution is 2.19. The van der Waals surface area contributed by atoms with E-state index in [0.717, 1.165) is 5.56 Å². The first-order chi connectivity index (χ1) is 9.11. The Morgan fingerprint density at radius 1 is 1.47 bits per heavy atom. The van der Waals surface area contributed by atoms with Gasteiger partial charge in [0, 0.05) is 11.1 Å². The van der Waals surface area contributed by atoms with Gasteiger partial charge >= 0.3 is 0 Å². The molecule has 1 saturated heterocycles. The van der Waals surface area contributed by atoms with Crippen molar-refractivity contribution in [3.63, 3.8) is 0 Å². The summed E-state index contributed by atoms with van der Waals surface area (Å²) in [6, 6.07) is 7.55. The first-order valence-electron chi connectivity index (χ1n) is 6.42. The van der Waals surface area contributed by atoms with Crippen LogP contribution < -0.4 is 10.6 Å². The highest BCUT2D eigenvalue weighted by Gasteiger charge is 2.33. The number of hydrogen-bond acceptors (Lipinski definition) is 3. The number of hydrogen-bond donors (Lipinski definition) is 2. The Bertz CT molecular complexity index is 453. The SMILES string of the molecule is CNC1COCC1C(=O)N[C@H](C)c1cccc(Cl)c1. The fourth-order valence-electron chi connectivity index (χ4n) is 2.28. The monoisotopic (exact) mass is 282 g/mol. The summed E-state index contributed by atoms with van der Waals surface area (Å²) in [6.07, 6.45) is 0. The third-order valence-corrected chi connectivity index (χ3v) is 3.73. The average Bonchev–Trinajstić information content (AvgIpc) is 2.87. The zero-order valence-corrected chi connectivity index (χ0v) is 11.9. The summed E-state index contributed by atoms with van der Waals surface area (Å²) in [5.74, 6) is -0.115. The molecule has 1 aliphatic rings. The van der Waals surface area contributed by atoms with Gasteiger partial charge in [-0.1, -0.05) is 23.7 Å². The second-order valence-corrected chi connectivity index (χ2v) is 5.26. The lowest BCUT2D eigenvalue weighted by Crippen LogP contribution is -2.43. The molecule has 3 atom stereocenters. The van der Waals surface area contributed by atoms with E-state index in [9.17, 15) is 4.79 Å². The first-order valence-corrected chi connectivity index (χ1v) is 6.80. The molecule has 0 saturated carbocycles. The van der Waals surface area contributed by atoms with Gasteiger partial charge in [0.05, 0.1) is 25.2 Å². The minimum Gasteiger partial charge on any atom is -0.379 e. The number of benzene rings is 1. The largest absolute Gasteiger partial charge is 0.379 e. The lowest BCUT2D eigenvalue weighted by Gasteiger charge is -2.20. The minimum absolute atomic E-state index is 0.0179. The van der Waals surface area contributed by atoms with Gasteiger partial charge in [-0.05, 0) is 31.7 Å². The molecule has 0 aromatic heterocycles. The fraction of sp³-hybridized carbons (Fsp3) is 0.500. The van der Waals surface area contributed by atoms with Crippen molar-refractivity contribution in [3.05, 3.63) is 34.9 Å². The van der Waals surface area contributed by atoms with Crippen LogP contribution in [0.1, 0.15) is 18.5 Å². The molecule has 1 aromatic rings. The van der Waals surface area contributed by atoms with Gasteiger partial charge in [0.1, 0.15) is 0 Å².